The number of hydrogen-bond donors (Lipinski definition) is 1. The number of amides is 2. The Kier molecular flexibility index (Phi) is 5.44. The van der Waals surface area contributed by atoms with Crippen LogP contribution in [0, 0.1) is 6.92 Å². The topological polar surface area (TPSA) is 58.6 Å². The summed E-state index contributed by atoms with van der Waals surface area (Å²) in [6.45, 7) is 4.64. The molecule has 0 aliphatic carbocycles. The van der Waals surface area contributed by atoms with Crippen LogP contribution < -0.4 is 15.0 Å². The maximum Gasteiger partial charge on any atom is 0.231 e. The molecule has 0 saturated carbocycles. The Morgan fingerprint density at radius 2 is 1.83 bits per heavy atom. The van der Waals surface area contributed by atoms with Gasteiger partial charge in [0.2, 0.25) is 11.8 Å². The van der Waals surface area contributed by atoms with Gasteiger partial charge in [0.15, 0.2) is 0 Å². The lowest BCUT2D eigenvalue weighted by Crippen LogP contribution is -2.24. The molecule has 4 rings (SSSR count). The fourth-order valence-electron chi connectivity index (χ4n) is 3.98. The molecule has 1 heterocycles. The van der Waals surface area contributed by atoms with E-state index < -0.39 is 0 Å². The molecule has 5 heteroatoms. The third-order valence-electron chi connectivity index (χ3n) is 5.79. The lowest BCUT2D eigenvalue weighted by molar-refractivity contribution is -0.118. The summed E-state index contributed by atoms with van der Waals surface area (Å²) in [6.07, 6.45) is 1.50. The second kappa shape index (κ2) is 8.19. The van der Waals surface area contributed by atoms with Crippen LogP contribution in [-0.4, -0.2) is 25.5 Å². The van der Waals surface area contributed by atoms with Crippen LogP contribution in [-0.2, 0) is 9.59 Å². The lowest BCUT2D eigenvalue weighted by Gasteiger charge is -2.20. The molecule has 0 spiro atoms. The van der Waals surface area contributed by atoms with Crippen molar-refractivity contribution in [3.63, 3.8) is 0 Å². The van der Waals surface area contributed by atoms with Gasteiger partial charge in [-0.05, 0) is 72.5 Å². The number of anilines is 2. The zero-order valence-electron chi connectivity index (χ0n) is 17.6. The molecule has 154 valence electrons. The molecule has 0 radical (unpaired) electrons. The van der Waals surface area contributed by atoms with E-state index in [0.717, 1.165) is 52.0 Å². The van der Waals surface area contributed by atoms with Crippen molar-refractivity contribution in [1.29, 1.82) is 0 Å². The fourth-order valence-corrected chi connectivity index (χ4v) is 3.98. The van der Waals surface area contributed by atoms with Crippen LogP contribution in [0.25, 0.3) is 10.8 Å². The molecule has 0 unspecified atom stereocenters. The monoisotopic (exact) mass is 402 g/mol. The van der Waals surface area contributed by atoms with Gasteiger partial charge in [-0.25, -0.2) is 0 Å². The molecule has 1 saturated heterocycles. The first-order valence-corrected chi connectivity index (χ1v) is 10.3. The Labute approximate surface area is 176 Å². The average Bonchev–Trinajstić information content (AvgIpc) is 3.18. The highest BCUT2D eigenvalue weighted by Gasteiger charge is 2.23. The highest BCUT2D eigenvalue weighted by atomic mass is 16.5. The van der Waals surface area contributed by atoms with E-state index in [1.165, 1.54) is 0 Å². The number of methoxy groups -OCH3 is 1. The number of aryl methyl sites for hydroxylation is 1. The van der Waals surface area contributed by atoms with Crippen LogP contribution in [0.5, 0.6) is 5.75 Å². The van der Waals surface area contributed by atoms with E-state index in [1.54, 1.807) is 7.11 Å². The van der Waals surface area contributed by atoms with Gasteiger partial charge in [-0.1, -0.05) is 24.3 Å². The van der Waals surface area contributed by atoms with E-state index >= 15 is 0 Å². The van der Waals surface area contributed by atoms with Crippen LogP contribution in [0.4, 0.5) is 11.4 Å². The van der Waals surface area contributed by atoms with Gasteiger partial charge < -0.3 is 15.0 Å². The van der Waals surface area contributed by atoms with Crippen molar-refractivity contribution < 1.29 is 14.3 Å². The number of carbonyl (C=O) groups is 2. The van der Waals surface area contributed by atoms with Crippen LogP contribution in [0.2, 0.25) is 0 Å². The van der Waals surface area contributed by atoms with E-state index in [9.17, 15) is 9.59 Å². The molecule has 0 aromatic heterocycles. The number of nitrogens with zero attached hydrogens (tertiary/aromatic N) is 1. The van der Waals surface area contributed by atoms with Crippen LogP contribution in [0.1, 0.15) is 36.8 Å². The molecule has 3 aromatic rings. The van der Waals surface area contributed by atoms with Crippen molar-refractivity contribution in [1.82, 2.24) is 0 Å². The highest BCUT2D eigenvalue weighted by molar-refractivity contribution is 5.98. The van der Waals surface area contributed by atoms with Gasteiger partial charge in [0.1, 0.15) is 5.75 Å². The van der Waals surface area contributed by atoms with Crippen molar-refractivity contribution in [2.24, 2.45) is 0 Å². The Balaban J connectivity index is 1.50. The van der Waals surface area contributed by atoms with Crippen molar-refractivity contribution in [2.75, 3.05) is 23.9 Å². The van der Waals surface area contributed by atoms with Crippen LogP contribution in [0.15, 0.2) is 54.6 Å². The summed E-state index contributed by atoms with van der Waals surface area (Å²) in [5.74, 6) is 0.622. The van der Waals surface area contributed by atoms with Crippen molar-refractivity contribution in [2.45, 2.75) is 32.6 Å². The number of benzene rings is 3. The van der Waals surface area contributed by atoms with Crippen molar-refractivity contribution in [3.05, 3.63) is 65.7 Å². The summed E-state index contributed by atoms with van der Waals surface area (Å²) in [4.78, 5) is 26.7. The Hall–Kier alpha value is -3.34. The third-order valence-corrected chi connectivity index (χ3v) is 5.79. The van der Waals surface area contributed by atoms with Gasteiger partial charge in [-0.15, -0.1) is 0 Å². The van der Waals surface area contributed by atoms with Crippen molar-refractivity contribution in [3.8, 4) is 5.75 Å². The smallest absolute Gasteiger partial charge is 0.231 e. The second-order valence-electron chi connectivity index (χ2n) is 7.83. The number of hydrogen-bond acceptors (Lipinski definition) is 3. The average molecular weight is 402 g/mol. The minimum atomic E-state index is -0.295. The molecule has 1 fully saturated rings. The first-order valence-electron chi connectivity index (χ1n) is 10.3. The van der Waals surface area contributed by atoms with Crippen LogP contribution >= 0.6 is 0 Å². The third kappa shape index (κ3) is 3.88. The second-order valence-corrected chi connectivity index (χ2v) is 7.83. The normalized spacial score (nSPS) is 14.8. The van der Waals surface area contributed by atoms with E-state index in [4.69, 9.17) is 4.74 Å². The molecule has 1 N–H and O–H groups in total. The maximum atomic E-state index is 12.9. The highest BCUT2D eigenvalue weighted by Crippen LogP contribution is 2.29. The number of nitrogens with one attached hydrogen (secondary N) is 1. The van der Waals surface area contributed by atoms with Gasteiger partial charge in [0.25, 0.3) is 0 Å². The Bertz CT molecular complexity index is 1120. The molecule has 5 nitrogen and oxygen atoms in total. The van der Waals surface area contributed by atoms with Gasteiger partial charge in [-0.2, -0.15) is 0 Å². The van der Waals surface area contributed by atoms with E-state index in [2.05, 4.69) is 5.32 Å². The number of ether oxygens (including phenoxy) is 1. The maximum absolute atomic E-state index is 12.9. The van der Waals surface area contributed by atoms with Crippen molar-refractivity contribution >= 4 is 34.0 Å². The van der Waals surface area contributed by atoms with Gasteiger partial charge in [-0.3, -0.25) is 9.59 Å². The van der Waals surface area contributed by atoms with E-state index in [1.807, 2.05) is 73.3 Å². The molecule has 30 heavy (non-hydrogen) atoms. The molecule has 3 aromatic carbocycles. The predicted molar refractivity (Wildman–Crippen MR) is 120 cm³/mol. The molecule has 1 aliphatic heterocycles. The first-order chi connectivity index (χ1) is 14.5. The summed E-state index contributed by atoms with van der Waals surface area (Å²) < 4.78 is 5.28. The molecule has 1 aliphatic rings. The van der Waals surface area contributed by atoms with E-state index in [-0.39, 0.29) is 17.7 Å². The largest absolute Gasteiger partial charge is 0.497 e. The molecule has 0 bridgehead atoms. The minimum absolute atomic E-state index is 0.0627. The SMILES string of the molecule is COc1ccc2cc([C@@H](C)C(=O)Nc3ccc(N4CCCC4=O)c(C)c3)ccc2c1. The molecule has 1 atom stereocenters. The summed E-state index contributed by atoms with van der Waals surface area (Å²) >= 11 is 0. The predicted octanol–water partition coefficient (Wildman–Crippen LogP) is 5.03. The summed E-state index contributed by atoms with van der Waals surface area (Å²) in [5, 5.41) is 5.16. The van der Waals surface area contributed by atoms with Crippen LogP contribution in [0.3, 0.4) is 0 Å². The van der Waals surface area contributed by atoms with E-state index in [0.29, 0.717) is 6.42 Å². The summed E-state index contributed by atoms with van der Waals surface area (Å²) in [7, 11) is 1.65. The summed E-state index contributed by atoms with van der Waals surface area (Å²) in [6, 6.07) is 17.7. The zero-order valence-corrected chi connectivity index (χ0v) is 17.6. The standard InChI is InChI=1S/C25H26N2O3/c1-16-13-21(9-11-23(16)27-12-4-5-24(27)28)26-25(29)17(2)18-6-7-20-15-22(30-3)10-8-19(20)14-18/h6-11,13-15,17H,4-5,12H2,1-3H3,(H,26,29)/t17-/m1/s1. The zero-order chi connectivity index (χ0) is 21.3. The minimum Gasteiger partial charge on any atom is -0.497 e. The number of rotatable bonds is 5. The molecular weight excluding hydrogens is 376 g/mol. The molecule has 2 amide bonds. The Morgan fingerprint density at radius 3 is 2.53 bits per heavy atom. The first kappa shape index (κ1) is 20.0. The molecular formula is C25H26N2O3. The van der Waals surface area contributed by atoms with Gasteiger partial charge in [0, 0.05) is 24.3 Å². The van der Waals surface area contributed by atoms with Gasteiger partial charge in [0.05, 0.1) is 13.0 Å². The Morgan fingerprint density at radius 1 is 1.07 bits per heavy atom. The quantitative estimate of drug-likeness (QED) is 0.651. The number of fused-ring (bicyclic) bond motifs is 1. The summed E-state index contributed by atoms with van der Waals surface area (Å²) in [5.41, 5.74) is 3.61. The number of carbonyl (C=O) groups excluding carboxylic acids is 2. The fraction of sp³-hybridized carbons (Fsp3) is 0.280. The van der Waals surface area contributed by atoms with Gasteiger partial charge >= 0.3 is 0 Å². The lowest BCUT2D eigenvalue weighted by atomic mass is 9.97.